The molecule has 0 aromatic carbocycles. The van der Waals surface area contributed by atoms with Crippen LogP contribution in [0.2, 0.25) is 5.15 Å². The van der Waals surface area contributed by atoms with E-state index < -0.39 is 0 Å². The Morgan fingerprint density at radius 2 is 2.00 bits per heavy atom. The van der Waals surface area contributed by atoms with Crippen molar-refractivity contribution in [2.24, 2.45) is 5.92 Å². The highest BCUT2D eigenvalue weighted by Crippen LogP contribution is 2.28. The SMILES string of the molecule is CCOCc1nc(Cl)cc(NC2CCC(CC)CC2)n1. The Balaban J connectivity index is 1.93. The minimum absolute atomic E-state index is 0.411. The normalized spacial score (nSPS) is 22.8. The molecule has 0 bridgehead atoms. The molecule has 5 heteroatoms. The summed E-state index contributed by atoms with van der Waals surface area (Å²) in [5.41, 5.74) is 0. The second-order valence-corrected chi connectivity index (χ2v) is 5.79. The zero-order valence-corrected chi connectivity index (χ0v) is 13.1. The summed E-state index contributed by atoms with van der Waals surface area (Å²) in [5, 5.41) is 3.96. The lowest BCUT2D eigenvalue weighted by atomic mass is 9.84. The Bertz CT molecular complexity index is 420. The fraction of sp³-hybridized carbons (Fsp3) is 0.733. The topological polar surface area (TPSA) is 47.0 Å². The lowest BCUT2D eigenvalue weighted by Crippen LogP contribution is -2.26. The molecule has 0 amide bonds. The van der Waals surface area contributed by atoms with Gasteiger partial charge in [0.05, 0.1) is 0 Å². The minimum atomic E-state index is 0.411. The summed E-state index contributed by atoms with van der Waals surface area (Å²) >= 11 is 6.05. The molecule has 0 saturated heterocycles. The van der Waals surface area contributed by atoms with Crippen LogP contribution in [0.15, 0.2) is 6.07 Å². The molecule has 1 aliphatic rings. The van der Waals surface area contributed by atoms with E-state index >= 15 is 0 Å². The lowest BCUT2D eigenvalue weighted by Gasteiger charge is -2.28. The maximum atomic E-state index is 6.05. The standard InChI is InChI=1S/C15H24ClN3O/c1-3-11-5-7-12(8-6-11)17-14-9-13(16)18-15(19-14)10-20-4-2/h9,11-12H,3-8,10H2,1-2H3,(H,17,18,19). The van der Waals surface area contributed by atoms with Gasteiger partial charge in [-0.2, -0.15) is 0 Å². The molecule has 0 radical (unpaired) electrons. The van der Waals surface area contributed by atoms with Gasteiger partial charge in [-0.1, -0.05) is 24.9 Å². The van der Waals surface area contributed by atoms with Crippen LogP contribution >= 0.6 is 11.6 Å². The van der Waals surface area contributed by atoms with E-state index in [-0.39, 0.29) is 0 Å². The molecule has 0 spiro atoms. The van der Waals surface area contributed by atoms with Gasteiger partial charge < -0.3 is 10.1 Å². The van der Waals surface area contributed by atoms with Gasteiger partial charge in [0.1, 0.15) is 17.6 Å². The Labute approximate surface area is 126 Å². The van der Waals surface area contributed by atoms with Gasteiger partial charge >= 0.3 is 0 Å². The third kappa shape index (κ3) is 4.60. The molecule has 4 nitrogen and oxygen atoms in total. The Morgan fingerprint density at radius 3 is 2.65 bits per heavy atom. The summed E-state index contributed by atoms with van der Waals surface area (Å²) < 4.78 is 5.34. The van der Waals surface area contributed by atoms with Crippen molar-refractivity contribution in [3.8, 4) is 0 Å². The van der Waals surface area contributed by atoms with Crippen LogP contribution in [0.5, 0.6) is 0 Å². The van der Waals surface area contributed by atoms with E-state index in [9.17, 15) is 0 Å². The van der Waals surface area contributed by atoms with Crippen LogP contribution in [0.1, 0.15) is 51.8 Å². The first-order valence-corrected chi connectivity index (χ1v) is 7.96. The minimum Gasteiger partial charge on any atom is -0.374 e. The summed E-state index contributed by atoms with van der Waals surface area (Å²) in [4.78, 5) is 8.65. The van der Waals surface area contributed by atoms with E-state index in [0.717, 1.165) is 11.7 Å². The molecule has 1 N–H and O–H groups in total. The number of hydrogen-bond acceptors (Lipinski definition) is 4. The second-order valence-electron chi connectivity index (χ2n) is 5.40. The number of aromatic nitrogens is 2. The fourth-order valence-electron chi connectivity index (χ4n) is 2.72. The third-order valence-corrected chi connectivity index (χ3v) is 4.15. The van der Waals surface area contributed by atoms with Crippen LogP contribution in [0.3, 0.4) is 0 Å². The Morgan fingerprint density at radius 1 is 1.25 bits per heavy atom. The lowest BCUT2D eigenvalue weighted by molar-refractivity contribution is 0.128. The van der Waals surface area contributed by atoms with E-state index in [0.29, 0.717) is 30.2 Å². The van der Waals surface area contributed by atoms with E-state index in [1.165, 1.54) is 32.1 Å². The predicted octanol–water partition coefficient (Wildman–Crippen LogP) is 4.05. The Hall–Kier alpha value is -0.870. The molecular formula is C15H24ClN3O. The maximum Gasteiger partial charge on any atom is 0.158 e. The predicted molar refractivity (Wildman–Crippen MR) is 82.0 cm³/mol. The number of halogens is 1. The van der Waals surface area contributed by atoms with Crippen molar-refractivity contribution in [3.63, 3.8) is 0 Å². The van der Waals surface area contributed by atoms with E-state index in [4.69, 9.17) is 16.3 Å². The van der Waals surface area contributed by atoms with Crippen molar-refractivity contribution in [2.45, 2.75) is 58.6 Å². The van der Waals surface area contributed by atoms with Crippen molar-refractivity contribution in [1.29, 1.82) is 0 Å². The summed E-state index contributed by atoms with van der Waals surface area (Å²) in [7, 11) is 0. The quantitative estimate of drug-likeness (QED) is 0.805. The molecular weight excluding hydrogens is 274 g/mol. The largest absolute Gasteiger partial charge is 0.374 e. The monoisotopic (exact) mass is 297 g/mol. The molecule has 112 valence electrons. The number of nitrogens with one attached hydrogen (secondary N) is 1. The van der Waals surface area contributed by atoms with Gasteiger partial charge in [0, 0.05) is 18.7 Å². The number of nitrogens with zero attached hydrogens (tertiary/aromatic N) is 2. The number of hydrogen-bond donors (Lipinski definition) is 1. The molecule has 0 atom stereocenters. The number of anilines is 1. The molecule has 1 fully saturated rings. The first kappa shape index (κ1) is 15.5. The van der Waals surface area contributed by atoms with E-state index in [1.54, 1.807) is 6.07 Å². The number of rotatable bonds is 6. The van der Waals surface area contributed by atoms with Crippen LogP contribution in [0, 0.1) is 5.92 Å². The van der Waals surface area contributed by atoms with Gasteiger partial charge in [0.15, 0.2) is 5.82 Å². The smallest absolute Gasteiger partial charge is 0.158 e. The van der Waals surface area contributed by atoms with Crippen LogP contribution in [-0.2, 0) is 11.3 Å². The van der Waals surface area contributed by atoms with E-state index in [1.807, 2.05) is 6.92 Å². The zero-order chi connectivity index (χ0) is 14.4. The molecule has 0 unspecified atom stereocenters. The van der Waals surface area contributed by atoms with E-state index in [2.05, 4.69) is 22.2 Å². The van der Waals surface area contributed by atoms with Crippen LogP contribution in [0.25, 0.3) is 0 Å². The summed E-state index contributed by atoms with van der Waals surface area (Å²) in [6.07, 6.45) is 6.32. The second kappa shape index (κ2) is 7.79. The summed E-state index contributed by atoms with van der Waals surface area (Å²) in [6.45, 7) is 5.30. The molecule has 1 saturated carbocycles. The van der Waals surface area contributed by atoms with Gasteiger partial charge in [0.25, 0.3) is 0 Å². The van der Waals surface area contributed by atoms with Gasteiger partial charge in [0.2, 0.25) is 0 Å². The fourth-order valence-corrected chi connectivity index (χ4v) is 2.92. The average molecular weight is 298 g/mol. The van der Waals surface area contributed by atoms with Gasteiger partial charge in [-0.05, 0) is 38.5 Å². The van der Waals surface area contributed by atoms with Crippen molar-refractivity contribution in [1.82, 2.24) is 9.97 Å². The summed E-state index contributed by atoms with van der Waals surface area (Å²) in [5.74, 6) is 2.36. The molecule has 1 aliphatic carbocycles. The van der Waals surface area contributed by atoms with Crippen molar-refractivity contribution < 1.29 is 4.74 Å². The van der Waals surface area contributed by atoms with Crippen LogP contribution in [-0.4, -0.2) is 22.6 Å². The third-order valence-electron chi connectivity index (χ3n) is 3.95. The first-order chi connectivity index (χ1) is 9.71. The van der Waals surface area contributed by atoms with Crippen LogP contribution in [0.4, 0.5) is 5.82 Å². The van der Waals surface area contributed by atoms with Gasteiger partial charge in [-0.15, -0.1) is 0 Å². The van der Waals surface area contributed by atoms with Gasteiger partial charge in [-0.3, -0.25) is 0 Å². The molecule has 1 aromatic heterocycles. The average Bonchev–Trinajstić information content (AvgIpc) is 2.45. The van der Waals surface area contributed by atoms with Crippen molar-refractivity contribution >= 4 is 17.4 Å². The van der Waals surface area contributed by atoms with Gasteiger partial charge in [-0.25, -0.2) is 9.97 Å². The maximum absolute atomic E-state index is 6.05. The molecule has 1 aromatic rings. The molecule has 2 rings (SSSR count). The highest BCUT2D eigenvalue weighted by molar-refractivity contribution is 6.29. The highest BCUT2D eigenvalue weighted by atomic mass is 35.5. The van der Waals surface area contributed by atoms with Crippen LogP contribution < -0.4 is 5.32 Å². The van der Waals surface area contributed by atoms with Crippen molar-refractivity contribution in [3.05, 3.63) is 17.0 Å². The Kier molecular flexibility index (Phi) is 6.05. The highest BCUT2D eigenvalue weighted by Gasteiger charge is 2.20. The molecule has 1 heterocycles. The summed E-state index contributed by atoms with van der Waals surface area (Å²) in [6, 6.07) is 2.30. The molecule has 20 heavy (non-hydrogen) atoms. The molecule has 0 aliphatic heterocycles. The zero-order valence-electron chi connectivity index (χ0n) is 12.4. The first-order valence-electron chi connectivity index (χ1n) is 7.59. The number of ether oxygens (including phenoxy) is 1. The van der Waals surface area contributed by atoms with Crippen molar-refractivity contribution in [2.75, 3.05) is 11.9 Å².